The zero-order chi connectivity index (χ0) is 9.24. The molecule has 12 heavy (non-hydrogen) atoms. The summed E-state index contributed by atoms with van der Waals surface area (Å²) in [4.78, 5) is 0. The molecule has 1 saturated heterocycles. The zero-order valence-corrected chi connectivity index (χ0v) is 6.78. The first-order valence-corrected chi connectivity index (χ1v) is 3.80. The minimum Gasteiger partial charge on any atom is -0.375 e. The Morgan fingerprint density at radius 2 is 2.00 bits per heavy atom. The average Bonchev–Trinajstić information content (AvgIpc) is 1.82. The van der Waals surface area contributed by atoms with Crippen molar-refractivity contribution in [2.45, 2.75) is 25.1 Å². The van der Waals surface area contributed by atoms with Gasteiger partial charge < -0.3 is 9.47 Å². The highest BCUT2D eigenvalue weighted by Gasteiger charge is 2.61. The van der Waals surface area contributed by atoms with Crippen molar-refractivity contribution >= 4 is 0 Å². The van der Waals surface area contributed by atoms with Gasteiger partial charge in [0.15, 0.2) is 0 Å². The molecular weight excluding hydrogens is 173 g/mol. The molecule has 0 N–H and O–H groups in total. The maximum Gasteiger partial charge on any atom is 0.422 e. The van der Waals surface area contributed by atoms with E-state index in [9.17, 15) is 13.2 Å². The van der Waals surface area contributed by atoms with E-state index in [2.05, 4.69) is 4.74 Å². The molecular formula is C7H11F3O2. The van der Waals surface area contributed by atoms with Crippen LogP contribution in [0.15, 0.2) is 0 Å². The maximum atomic E-state index is 12.3. The minimum absolute atomic E-state index is 0.128. The van der Waals surface area contributed by atoms with E-state index in [1.807, 2.05) is 0 Å². The second-order valence-electron chi connectivity index (χ2n) is 2.83. The van der Waals surface area contributed by atoms with Gasteiger partial charge in [-0.05, 0) is 6.42 Å². The molecule has 0 bridgehead atoms. The number of ether oxygens (including phenoxy) is 2. The van der Waals surface area contributed by atoms with E-state index in [0.29, 0.717) is 6.42 Å². The number of alkyl halides is 3. The van der Waals surface area contributed by atoms with E-state index in [0.717, 1.165) is 0 Å². The smallest absolute Gasteiger partial charge is 0.375 e. The van der Waals surface area contributed by atoms with E-state index in [4.69, 9.17) is 4.74 Å². The van der Waals surface area contributed by atoms with E-state index in [-0.39, 0.29) is 19.8 Å². The van der Waals surface area contributed by atoms with Crippen LogP contribution in [0.1, 0.15) is 13.3 Å². The Morgan fingerprint density at radius 1 is 1.42 bits per heavy atom. The normalized spacial score (nSPS) is 22.0. The van der Waals surface area contributed by atoms with Gasteiger partial charge in [0.2, 0.25) is 5.60 Å². The molecule has 0 aromatic rings. The first kappa shape index (κ1) is 9.80. The fraction of sp³-hybridized carbons (Fsp3) is 1.00. The Labute approximate surface area is 68.6 Å². The van der Waals surface area contributed by atoms with Crippen LogP contribution in [0.25, 0.3) is 0 Å². The molecule has 0 aliphatic carbocycles. The summed E-state index contributed by atoms with van der Waals surface area (Å²) in [6.07, 6.45) is -3.72. The van der Waals surface area contributed by atoms with E-state index >= 15 is 0 Å². The van der Waals surface area contributed by atoms with E-state index < -0.39 is 11.8 Å². The van der Waals surface area contributed by atoms with Crippen molar-refractivity contribution in [3.8, 4) is 0 Å². The Bertz CT molecular complexity index is 151. The van der Waals surface area contributed by atoms with Crippen LogP contribution < -0.4 is 0 Å². The van der Waals surface area contributed by atoms with Crippen LogP contribution in [0.5, 0.6) is 0 Å². The topological polar surface area (TPSA) is 18.5 Å². The number of halogens is 3. The van der Waals surface area contributed by atoms with Crippen molar-refractivity contribution in [2.75, 3.05) is 19.8 Å². The molecule has 2 nitrogen and oxygen atoms in total. The Balaban J connectivity index is 2.51. The first-order valence-electron chi connectivity index (χ1n) is 3.80. The van der Waals surface area contributed by atoms with Crippen LogP contribution >= 0.6 is 0 Å². The van der Waals surface area contributed by atoms with Crippen molar-refractivity contribution < 1.29 is 22.6 Å². The second kappa shape index (κ2) is 3.22. The molecule has 72 valence electrons. The third-order valence-electron chi connectivity index (χ3n) is 1.77. The highest BCUT2D eigenvalue weighted by atomic mass is 19.4. The summed E-state index contributed by atoms with van der Waals surface area (Å²) < 4.78 is 46.1. The summed E-state index contributed by atoms with van der Waals surface area (Å²) in [5.41, 5.74) is -2.01. The molecule has 1 aliphatic heterocycles. The quantitative estimate of drug-likeness (QED) is 0.665. The molecule has 0 amide bonds. The fourth-order valence-corrected chi connectivity index (χ4v) is 0.914. The zero-order valence-electron chi connectivity index (χ0n) is 6.78. The lowest BCUT2D eigenvalue weighted by Gasteiger charge is -2.41. The van der Waals surface area contributed by atoms with Crippen molar-refractivity contribution in [1.29, 1.82) is 0 Å². The predicted molar refractivity (Wildman–Crippen MR) is 35.8 cm³/mol. The van der Waals surface area contributed by atoms with Crippen molar-refractivity contribution in [3.63, 3.8) is 0 Å². The summed E-state index contributed by atoms with van der Waals surface area (Å²) in [6, 6.07) is 0. The molecule has 0 saturated carbocycles. The number of rotatable bonds is 3. The molecule has 1 rings (SSSR count). The van der Waals surface area contributed by atoms with Gasteiger partial charge >= 0.3 is 6.18 Å². The summed E-state index contributed by atoms with van der Waals surface area (Å²) in [6.45, 7) is 1.17. The molecule has 0 spiro atoms. The highest BCUT2D eigenvalue weighted by molar-refractivity contribution is 4.94. The van der Waals surface area contributed by atoms with Crippen LogP contribution in [-0.2, 0) is 9.47 Å². The van der Waals surface area contributed by atoms with Gasteiger partial charge in [0, 0.05) is 6.61 Å². The lowest BCUT2D eigenvalue weighted by atomic mass is 10.0. The number of hydrogen-bond donors (Lipinski definition) is 0. The van der Waals surface area contributed by atoms with Crippen LogP contribution in [-0.4, -0.2) is 31.6 Å². The summed E-state index contributed by atoms with van der Waals surface area (Å²) in [5, 5.41) is 0. The van der Waals surface area contributed by atoms with Gasteiger partial charge in [0.25, 0.3) is 0 Å². The van der Waals surface area contributed by atoms with Gasteiger partial charge in [-0.15, -0.1) is 0 Å². The summed E-state index contributed by atoms with van der Waals surface area (Å²) in [7, 11) is 0. The lowest BCUT2D eigenvalue weighted by Crippen LogP contribution is -2.62. The average molecular weight is 184 g/mol. The molecule has 5 heteroatoms. The van der Waals surface area contributed by atoms with Gasteiger partial charge in [-0.25, -0.2) is 0 Å². The third-order valence-corrected chi connectivity index (χ3v) is 1.77. The molecule has 1 aliphatic rings. The monoisotopic (exact) mass is 184 g/mol. The maximum absolute atomic E-state index is 12.3. The lowest BCUT2D eigenvalue weighted by molar-refractivity contribution is -0.349. The Morgan fingerprint density at radius 3 is 2.25 bits per heavy atom. The van der Waals surface area contributed by atoms with Gasteiger partial charge in [-0.2, -0.15) is 13.2 Å². The molecule has 0 unspecified atom stereocenters. The molecule has 1 fully saturated rings. The summed E-state index contributed by atoms with van der Waals surface area (Å²) >= 11 is 0. The van der Waals surface area contributed by atoms with Crippen molar-refractivity contribution in [1.82, 2.24) is 0 Å². The van der Waals surface area contributed by atoms with Gasteiger partial charge in [-0.1, -0.05) is 6.92 Å². The van der Waals surface area contributed by atoms with E-state index in [1.54, 1.807) is 6.92 Å². The number of hydrogen-bond acceptors (Lipinski definition) is 2. The predicted octanol–water partition coefficient (Wildman–Crippen LogP) is 1.74. The van der Waals surface area contributed by atoms with Crippen molar-refractivity contribution in [2.24, 2.45) is 0 Å². The molecule has 0 aromatic carbocycles. The van der Waals surface area contributed by atoms with Crippen LogP contribution in [0.3, 0.4) is 0 Å². The van der Waals surface area contributed by atoms with Gasteiger partial charge in [0.05, 0.1) is 13.2 Å². The van der Waals surface area contributed by atoms with E-state index in [1.165, 1.54) is 0 Å². The van der Waals surface area contributed by atoms with Crippen LogP contribution in [0.2, 0.25) is 0 Å². The van der Waals surface area contributed by atoms with Crippen molar-refractivity contribution in [3.05, 3.63) is 0 Å². The Hall–Kier alpha value is -0.290. The largest absolute Gasteiger partial charge is 0.422 e. The van der Waals surface area contributed by atoms with Gasteiger partial charge in [0.1, 0.15) is 0 Å². The highest BCUT2D eigenvalue weighted by Crippen LogP contribution is 2.39. The molecule has 0 radical (unpaired) electrons. The van der Waals surface area contributed by atoms with Gasteiger partial charge in [-0.3, -0.25) is 0 Å². The van der Waals surface area contributed by atoms with Crippen LogP contribution in [0, 0.1) is 0 Å². The standard InChI is InChI=1S/C7H11F3O2/c1-2-3-12-6(4-11-5-6)7(8,9)10/h2-5H2,1H3. The molecule has 0 aromatic heterocycles. The molecule has 0 atom stereocenters. The Kier molecular flexibility index (Phi) is 2.63. The first-order chi connectivity index (χ1) is 5.52. The van der Waals surface area contributed by atoms with Crippen LogP contribution in [0.4, 0.5) is 13.2 Å². The SMILES string of the molecule is CCCOC1(C(F)(F)F)COC1. The fourth-order valence-electron chi connectivity index (χ4n) is 0.914. The second-order valence-corrected chi connectivity index (χ2v) is 2.83. The summed E-state index contributed by atoms with van der Waals surface area (Å²) in [5.74, 6) is 0. The minimum atomic E-state index is -4.31. The molecule has 1 heterocycles. The third kappa shape index (κ3) is 1.56.